The normalized spacial score (nSPS) is 11.0. The monoisotopic (exact) mass is 406 g/mol. The van der Waals surface area contributed by atoms with E-state index < -0.39 is 11.7 Å². The molecule has 0 atom stereocenters. The molecule has 164 valence electrons. The lowest BCUT2D eigenvalue weighted by Crippen LogP contribution is -2.37. The lowest BCUT2D eigenvalue weighted by Gasteiger charge is -2.19. The van der Waals surface area contributed by atoms with Crippen LogP contribution in [-0.4, -0.2) is 37.3 Å². The van der Waals surface area contributed by atoms with Gasteiger partial charge in [-0.15, -0.1) is 0 Å². The largest absolute Gasteiger partial charge is 0.494 e. The van der Waals surface area contributed by atoms with Gasteiger partial charge in [0.1, 0.15) is 11.4 Å². The summed E-state index contributed by atoms with van der Waals surface area (Å²) in [7, 11) is 0. The fraction of sp³-hybridized carbons (Fsp3) is 0.652. The van der Waals surface area contributed by atoms with Gasteiger partial charge in [-0.25, -0.2) is 4.79 Å². The van der Waals surface area contributed by atoms with Gasteiger partial charge in [0, 0.05) is 18.7 Å². The van der Waals surface area contributed by atoms with E-state index in [1.54, 1.807) is 32.9 Å². The van der Waals surface area contributed by atoms with Gasteiger partial charge in [0.25, 0.3) is 5.91 Å². The molecule has 0 aliphatic rings. The topological polar surface area (TPSA) is 76.7 Å². The predicted molar refractivity (Wildman–Crippen MR) is 116 cm³/mol. The standard InChI is InChI=1S/C23H38N2O4/c1-5-6-7-8-9-10-11-18-28-20-14-12-19(13-15-20)21(26)24-16-17-25-22(27)29-23(2,3)4/h12-15H,5-11,16-18H2,1-4H3,(H,24,26)(H,25,27). The van der Waals surface area contributed by atoms with E-state index in [0.717, 1.165) is 12.2 Å². The van der Waals surface area contributed by atoms with Crippen molar-refractivity contribution in [2.75, 3.05) is 19.7 Å². The molecule has 0 saturated heterocycles. The van der Waals surface area contributed by atoms with Crippen LogP contribution >= 0.6 is 0 Å². The first kappa shape index (κ1) is 24.8. The minimum absolute atomic E-state index is 0.186. The Morgan fingerprint density at radius 1 is 0.862 bits per heavy atom. The summed E-state index contributed by atoms with van der Waals surface area (Å²) < 4.78 is 10.9. The van der Waals surface area contributed by atoms with E-state index in [1.165, 1.54) is 38.5 Å². The molecule has 29 heavy (non-hydrogen) atoms. The highest BCUT2D eigenvalue weighted by Crippen LogP contribution is 2.13. The van der Waals surface area contributed by atoms with Crippen molar-refractivity contribution in [3.8, 4) is 5.75 Å². The van der Waals surface area contributed by atoms with E-state index in [1.807, 2.05) is 12.1 Å². The third-order valence-electron chi connectivity index (χ3n) is 4.21. The van der Waals surface area contributed by atoms with Gasteiger partial charge in [-0.2, -0.15) is 0 Å². The molecule has 0 saturated carbocycles. The van der Waals surface area contributed by atoms with Crippen molar-refractivity contribution in [3.05, 3.63) is 29.8 Å². The Bertz CT molecular complexity index is 594. The van der Waals surface area contributed by atoms with Crippen LogP contribution in [0.3, 0.4) is 0 Å². The van der Waals surface area contributed by atoms with E-state index in [4.69, 9.17) is 9.47 Å². The second-order valence-electron chi connectivity index (χ2n) is 8.18. The summed E-state index contributed by atoms with van der Waals surface area (Å²) in [5.41, 5.74) is 0.0248. The van der Waals surface area contributed by atoms with Crippen molar-refractivity contribution in [1.82, 2.24) is 10.6 Å². The molecule has 0 aliphatic heterocycles. The first-order valence-electron chi connectivity index (χ1n) is 10.8. The van der Waals surface area contributed by atoms with Crippen LogP contribution in [0.5, 0.6) is 5.75 Å². The zero-order valence-electron chi connectivity index (χ0n) is 18.5. The minimum atomic E-state index is -0.536. The van der Waals surface area contributed by atoms with E-state index in [9.17, 15) is 9.59 Å². The van der Waals surface area contributed by atoms with Crippen molar-refractivity contribution >= 4 is 12.0 Å². The summed E-state index contributed by atoms with van der Waals surface area (Å²) in [6.07, 6.45) is 8.28. The number of rotatable bonds is 13. The van der Waals surface area contributed by atoms with E-state index in [0.29, 0.717) is 25.3 Å². The summed E-state index contributed by atoms with van der Waals surface area (Å²) in [6, 6.07) is 7.12. The number of alkyl carbamates (subject to hydrolysis) is 1. The van der Waals surface area contributed by atoms with Crippen LogP contribution < -0.4 is 15.4 Å². The van der Waals surface area contributed by atoms with Crippen LogP contribution in [0.1, 0.15) is 83.0 Å². The third-order valence-corrected chi connectivity index (χ3v) is 4.21. The Kier molecular flexibility index (Phi) is 11.8. The molecule has 0 unspecified atom stereocenters. The molecule has 0 radical (unpaired) electrons. The highest BCUT2D eigenvalue weighted by atomic mass is 16.6. The van der Waals surface area contributed by atoms with Crippen molar-refractivity contribution in [2.24, 2.45) is 0 Å². The number of amides is 2. The molecule has 0 heterocycles. The van der Waals surface area contributed by atoms with E-state index >= 15 is 0 Å². The maximum absolute atomic E-state index is 12.1. The number of benzene rings is 1. The fourth-order valence-electron chi connectivity index (χ4n) is 2.71. The maximum atomic E-state index is 12.1. The van der Waals surface area contributed by atoms with Crippen molar-refractivity contribution in [2.45, 2.75) is 78.2 Å². The molecule has 2 N–H and O–H groups in total. The molecule has 2 amide bonds. The van der Waals surface area contributed by atoms with Gasteiger partial charge in [0.05, 0.1) is 6.61 Å². The van der Waals surface area contributed by atoms with Crippen molar-refractivity contribution in [3.63, 3.8) is 0 Å². The molecular formula is C23H38N2O4. The Hall–Kier alpha value is -2.24. The SMILES string of the molecule is CCCCCCCCCOc1ccc(C(=O)NCCNC(=O)OC(C)(C)C)cc1. The van der Waals surface area contributed by atoms with Gasteiger partial charge in [-0.05, 0) is 51.5 Å². The molecule has 0 aliphatic carbocycles. The summed E-state index contributed by atoms with van der Waals surface area (Å²) in [4.78, 5) is 23.7. The Morgan fingerprint density at radius 2 is 1.45 bits per heavy atom. The zero-order chi connectivity index (χ0) is 21.5. The summed E-state index contributed by atoms with van der Waals surface area (Å²) in [5.74, 6) is 0.591. The average Bonchev–Trinajstić information content (AvgIpc) is 2.66. The molecule has 0 bridgehead atoms. The fourth-order valence-corrected chi connectivity index (χ4v) is 2.71. The smallest absolute Gasteiger partial charge is 0.407 e. The van der Waals surface area contributed by atoms with Crippen LogP contribution in [0.15, 0.2) is 24.3 Å². The molecular weight excluding hydrogens is 368 g/mol. The van der Waals surface area contributed by atoms with E-state index in [2.05, 4.69) is 17.6 Å². The molecule has 0 aromatic heterocycles. The van der Waals surface area contributed by atoms with Gasteiger partial charge in [0.2, 0.25) is 0 Å². The van der Waals surface area contributed by atoms with Crippen LogP contribution in [0, 0.1) is 0 Å². The molecule has 0 spiro atoms. The highest BCUT2D eigenvalue weighted by molar-refractivity contribution is 5.94. The van der Waals surface area contributed by atoms with Crippen LogP contribution in [0.4, 0.5) is 4.79 Å². The Balaban J connectivity index is 2.17. The van der Waals surface area contributed by atoms with Gasteiger partial charge >= 0.3 is 6.09 Å². The van der Waals surface area contributed by atoms with Gasteiger partial charge in [-0.3, -0.25) is 4.79 Å². The Morgan fingerprint density at radius 3 is 2.07 bits per heavy atom. The van der Waals surface area contributed by atoms with Crippen molar-refractivity contribution in [1.29, 1.82) is 0 Å². The molecule has 0 fully saturated rings. The Labute approximate surface area is 175 Å². The number of hydrogen-bond donors (Lipinski definition) is 2. The summed E-state index contributed by atoms with van der Waals surface area (Å²) in [6.45, 7) is 8.97. The van der Waals surface area contributed by atoms with Crippen LogP contribution in [0.2, 0.25) is 0 Å². The third kappa shape index (κ3) is 12.8. The highest BCUT2D eigenvalue weighted by Gasteiger charge is 2.15. The second-order valence-corrected chi connectivity index (χ2v) is 8.18. The number of ether oxygens (including phenoxy) is 2. The quantitative estimate of drug-likeness (QED) is 0.448. The lowest BCUT2D eigenvalue weighted by atomic mass is 10.1. The first-order chi connectivity index (χ1) is 13.8. The predicted octanol–water partition coefficient (Wildman–Crippen LogP) is 5.07. The first-order valence-corrected chi connectivity index (χ1v) is 10.8. The second kappa shape index (κ2) is 13.9. The average molecular weight is 407 g/mol. The van der Waals surface area contributed by atoms with Gasteiger partial charge in [-0.1, -0.05) is 45.4 Å². The number of nitrogens with one attached hydrogen (secondary N) is 2. The zero-order valence-corrected chi connectivity index (χ0v) is 18.5. The van der Waals surface area contributed by atoms with E-state index in [-0.39, 0.29) is 5.91 Å². The maximum Gasteiger partial charge on any atom is 0.407 e. The van der Waals surface area contributed by atoms with Gasteiger partial charge in [0.15, 0.2) is 0 Å². The van der Waals surface area contributed by atoms with Gasteiger partial charge < -0.3 is 20.1 Å². The minimum Gasteiger partial charge on any atom is -0.494 e. The lowest BCUT2D eigenvalue weighted by molar-refractivity contribution is 0.0526. The molecule has 6 nitrogen and oxygen atoms in total. The van der Waals surface area contributed by atoms with Crippen LogP contribution in [0.25, 0.3) is 0 Å². The summed E-state index contributed by atoms with van der Waals surface area (Å²) >= 11 is 0. The molecule has 1 rings (SSSR count). The molecule has 1 aromatic rings. The van der Waals surface area contributed by atoms with Crippen molar-refractivity contribution < 1.29 is 19.1 Å². The molecule has 1 aromatic carbocycles. The number of carbonyl (C=O) groups is 2. The number of carbonyl (C=O) groups excluding carboxylic acids is 2. The summed E-state index contributed by atoms with van der Waals surface area (Å²) in [5, 5.41) is 5.37. The molecule has 6 heteroatoms. The number of hydrogen-bond acceptors (Lipinski definition) is 4. The van der Waals surface area contributed by atoms with Crippen LogP contribution in [-0.2, 0) is 4.74 Å². The number of unbranched alkanes of at least 4 members (excludes halogenated alkanes) is 6.